The Morgan fingerprint density at radius 3 is 1.92 bits per heavy atom. The van der Waals surface area contributed by atoms with E-state index in [1.54, 1.807) is 0 Å². The first-order valence-electron chi connectivity index (χ1n) is 6.91. The lowest BCUT2D eigenvalue weighted by atomic mass is 10.2. The Morgan fingerprint density at radius 1 is 0.769 bits per heavy atom. The zero-order chi connectivity index (χ0) is 18.8. The van der Waals surface area contributed by atoms with Crippen LogP contribution in [0.25, 0.3) is 22.6 Å². The van der Waals surface area contributed by atoms with E-state index in [0.717, 1.165) is 6.20 Å². The molecule has 0 spiro atoms. The van der Waals surface area contributed by atoms with Gasteiger partial charge in [-0.3, -0.25) is 4.98 Å². The van der Waals surface area contributed by atoms with Crippen LogP contribution in [0.2, 0.25) is 0 Å². The fraction of sp³-hybridized carbons (Fsp3) is 0. The number of aromatic carboxylic acids is 2. The van der Waals surface area contributed by atoms with Gasteiger partial charge >= 0.3 is 11.9 Å². The van der Waals surface area contributed by atoms with E-state index in [0.29, 0.717) is 5.56 Å². The molecule has 0 aliphatic carbocycles. The van der Waals surface area contributed by atoms with E-state index in [2.05, 4.69) is 29.9 Å². The summed E-state index contributed by atoms with van der Waals surface area (Å²) in [4.78, 5) is 44.9. The van der Waals surface area contributed by atoms with Gasteiger partial charge in [-0.2, -0.15) is 0 Å². The van der Waals surface area contributed by atoms with Crippen LogP contribution in [0.3, 0.4) is 0 Å². The molecule has 12 nitrogen and oxygen atoms in total. The highest BCUT2D eigenvalue weighted by atomic mass is 16.4. The number of nitrogen functional groups attached to an aromatic ring is 2. The molecule has 0 aliphatic rings. The predicted molar refractivity (Wildman–Crippen MR) is 86.8 cm³/mol. The number of aromatic nitrogens is 6. The van der Waals surface area contributed by atoms with E-state index in [1.165, 1.54) is 18.6 Å². The molecular formula is C14H10N8O4. The fourth-order valence-corrected chi connectivity index (χ4v) is 1.98. The molecule has 0 saturated heterocycles. The van der Waals surface area contributed by atoms with Gasteiger partial charge in [0.1, 0.15) is 17.1 Å². The number of anilines is 2. The van der Waals surface area contributed by atoms with E-state index in [4.69, 9.17) is 21.7 Å². The summed E-state index contributed by atoms with van der Waals surface area (Å²) in [5, 5.41) is 17.7. The van der Waals surface area contributed by atoms with Gasteiger partial charge in [0.15, 0.2) is 17.3 Å². The molecular weight excluding hydrogens is 344 g/mol. The van der Waals surface area contributed by atoms with Crippen LogP contribution < -0.4 is 11.5 Å². The average Bonchev–Trinajstić information content (AvgIpc) is 2.63. The third-order valence-electron chi connectivity index (χ3n) is 3.18. The highest BCUT2D eigenvalue weighted by molar-refractivity contribution is 5.85. The van der Waals surface area contributed by atoms with Crippen molar-refractivity contribution in [1.82, 2.24) is 29.9 Å². The second-order valence-corrected chi connectivity index (χ2v) is 4.88. The van der Waals surface area contributed by atoms with Crippen molar-refractivity contribution in [2.24, 2.45) is 0 Å². The van der Waals surface area contributed by atoms with Crippen molar-refractivity contribution < 1.29 is 19.8 Å². The van der Waals surface area contributed by atoms with E-state index < -0.39 is 11.9 Å². The molecule has 3 aromatic heterocycles. The Balaban J connectivity index is 2.00. The topological polar surface area (TPSA) is 204 Å². The number of nitrogens with zero attached hydrogens (tertiary/aromatic N) is 6. The largest absolute Gasteiger partial charge is 0.476 e. The third-order valence-corrected chi connectivity index (χ3v) is 3.18. The van der Waals surface area contributed by atoms with Crippen molar-refractivity contribution in [1.29, 1.82) is 0 Å². The van der Waals surface area contributed by atoms with Crippen molar-refractivity contribution in [3.05, 3.63) is 36.3 Å². The molecule has 3 heterocycles. The molecule has 0 unspecified atom stereocenters. The minimum absolute atomic E-state index is 0.0232. The maximum Gasteiger partial charge on any atom is 0.373 e. The molecule has 0 fully saturated rings. The zero-order valence-electron chi connectivity index (χ0n) is 12.9. The van der Waals surface area contributed by atoms with Crippen molar-refractivity contribution in [2.45, 2.75) is 0 Å². The maximum absolute atomic E-state index is 10.8. The van der Waals surface area contributed by atoms with Gasteiger partial charge in [-0.05, 0) is 0 Å². The molecule has 3 aromatic rings. The third kappa shape index (κ3) is 3.06. The van der Waals surface area contributed by atoms with Crippen LogP contribution in [0.1, 0.15) is 21.1 Å². The quantitative estimate of drug-likeness (QED) is 0.486. The molecule has 0 saturated carbocycles. The lowest BCUT2D eigenvalue weighted by Crippen LogP contribution is -2.08. The molecule has 0 radical (unpaired) electrons. The van der Waals surface area contributed by atoms with Gasteiger partial charge in [-0.15, -0.1) is 0 Å². The summed E-state index contributed by atoms with van der Waals surface area (Å²) in [6.07, 6.45) is 4.71. The van der Waals surface area contributed by atoms with Crippen LogP contribution in [-0.2, 0) is 0 Å². The number of hydrogen-bond donors (Lipinski definition) is 4. The lowest BCUT2D eigenvalue weighted by molar-refractivity contribution is 0.0675. The molecule has 0 aliphatic heterocycles. The van der Waals surface area contributed by atoms with E-state index in [9.17, 15) is 9.59 Å². The lowest BCUT2D eigenvalue weighted by Gasteiger charge is -2.09. The van der Waals surface area contributed by atoms with Gasteiger partial charge in [0.2, 0.25) is 5.82 Å². The number of hydrogen-bond acceptors (Lipinski definition) is 10. The number of carboxylic acid groups (broad SMARTS) is 2. The maximum atomic E-state index is 10.8. The smallest absolute Gasteiger partial charge is 0.373 e. The number of carboxylic acids is 2. The SMILES string of the molecule is Nc1nc(-c2cnc(C(=O)O)cn2)c(N)nc1-c1cnc(C(=O)O)nc1. The average molecular weight is 354 g/mol. The Labute approximate surface area is 144 Å². The van der Waals surface area contributed by atoms with Gasteiger partial charge in [-0.1, -0.05) is 0 Å². The molecule has 0 bridgehead atoms. The van der Waals surface area contributed by atoms with E-state index in [1.807, 2.05) is 0 Å². The molecule has 0 aromatic carbocycles. The van der Waals surface area contributed by atoms with Gasteiger partial charge < -0.3 is 21.7 Å². The normalized spacial score (nSPS) is 10.5. The molecule has 0 amide bonds. The minimum atomic E-state index is -1.27. The van der Waals surface area contributed by atoms with E-state index >= 15 is 0 Å². The summed E-state index contributed by atoms with van der Waals surface area (Å²) in [6, 6.07) is 0. The summed E-state index contributed by atoms with van der Waals surface area (Å²) >= 11 is 0. The Bertz CT molecular complexity index is 921. The van der Waals surface area contributed by atoms with Crippen LogP contribution in [-0.4, -0.2) is 52.1 Å². The summed E-state index contributed by atoms with van der Waals surface area (Å²) in [7, 11) is 0. The summed E-state index contributed by atoms with van der Waals surface area (Å²) in [5.74, 6) is -2.92. The van der Waals surface area contributed by atoms with Gasteiger partial charge in [0.25, 0.3) is 0 Å². The summed E-state index contributed by atoms with van der Waals surface area (Å²) in [5.41, 5.74) is 12.3. The van der Waals surface area contributed by atoms with Crippen LogP contribution >= 0.6 is 0 Å². The van der Waals surface area contributed by atoms with Gasteiger partial charge in [-0.25, -0.2) is 34.5 Å². The molecule has 3 rings (SSSR count). The fourth-order valence-electron chi connectivity index (χ4n) is 1.98. The number of carbonyl (C=O) groups is 2. The minimum Gasteiger partial charge on any atom is -0.476 e. The highest BCUT2D eigenvalue weighted by Gasteiger charge is 2.16. The predicted octanol–water partition coefficient (Wildman–Crippen LogP) is -0.0486. The van der Waals surface area contributed by atoms with Gasteiger partial charge in [0, 0.05) is 18.0 Å². The Hall–Kier alpha value is -4.22. The monoisotopic (exact) mass is 354 g/mol. The van der Waals surface area contributed by atoms with Gasteiger partial charge in [0.05, 0.1) is 12.4 Å². The second-order valence-electron chi connectivity index (χ2n) is 4.88. The number of rotatable bonds is 4. The van der Waals surface area contributed by atoms with Crippen LogP contribution in [0.15, 0.2) is 24.8 Å². The molecule has 12 heteroatoms. The standard InChI is InChI=1S/C14H10N8O4/c15-10-8(5-1-19-12(14(25)26)20-2-5)21-11(16)9(22-10)6-3-18-7(4-17-6)13(23)24/h1-4H,(H2,15,22)(H2,16,21)(H,23,24)(H,25,26). The summed E-state index contributed by atoms with van der Waals surface area (Å²) < 4.78 is 0. The van der Waals surface area contributed by atoms with Crippen molar-refractivity contribution in [3.63, 3.8) is 0 Å². The highest BCUT2D eigenvalue weighted by Crippen LogP contribution is 2.27. The molecule has 0 atom stereocenters. The van der Waals surface area contributed by atoms with Crippen LogP contribution in [0.5, 0.6) is 0 Å². The first-order valence-corrected chi connectivity index (χ1v) is 6.91. The molecule has 130 valence electrons. The van der Waals surface area contributed by atoms with Crippen molar-refractivity contribution in [2.75, 3.05) is 11.5 Å². The van der Waals surface area contributed by atoms with Crippen LogP contribution in [0.4, 0.5) is 11.6 Å². The van der Waals surface area contributed by atoms with Crippen molar-refractivity contribution in [3.8, 4) is 22.6 Å². The van der Waals surface area contributed by atoms with E-state index in [-0.39, 0.29) is 40.2 Å². The second kappa shape index (κ2) is 6.35. The Morgan fingerprint density at radius 2 is 1.38 bits per heavy atom. The zero-order valence-corrected chi connectivity index (χ0v) is 12.9. The number of nitrogens with two attached hydrogens (primary N) is 2. The Kier molecular flexibility index (Phi) is 4.06. The first-order chi connectivity index (χ1) is 12.4. The van der Waals surface area contributed by atoms with Crippen LogP contribution in [0, 0.1) is 0 Å². The summed E-state index contributed by atoms with van der Waals surface area (Å²) in [6.45, 7) is 0. The molecule has 26 heavy (non-hydrogen) atoms. The molecule has 6 N–H and O–H groups in total. The van der Waals surface area contributed by atoms with Crippen molar-refractivity contribution >= 4 is 23.6 Å². The first kappa shape index (κ1) is 16.6.